The summed E-state index contributed by atoms with van der Waals surface area (Å²) in [5.41, 5.74) is -2.03. The molecule has 2 unspecified atom stereocenters. The third kappa shape index (κ3) is 4.26. The Balaban J connectivity index is 2.33. The number of carbonyl (C=O) groups is 2. The first-order valence-corrected chi connectivity index (χ1v) is 9.00. The summed E-state index contributed by atoms with van der Waals surface area (Å²) in [5, 5.41) is 3.24. The molecule has 0 radical (unpaired) electrons. The summed E-state index contributed by atoms with van der Waals surface area (Å²) in [5.74, 6) is -0.0772. The van der Waals surface area contributed by atoms with Gasteiger partial charge in [-0.3, -0.25) is 9.69 Å². The van der Waals surface area contributed by atoms with Gasteiger partial charge in [0, 0.05) is 31.6 Å². The molecule has 2 saturated heterocycles. The zero-order chi connectivity index (χ0) is 19.0. The van der Waals surface area contributed by atoms with E-state index >= 15 is 0 Å². The van der Waals surface area contributed by atoms with Crippen molar-refractivity contribution in [2.75, 3.05) is 32.8 Å². The van der Waals surface area contributed by atoms with E-state index in [4.69, 9.17) is 9.47 Å². The van der Waals surface area contributed by atoms with E-state index in [0.29, 0.717) is 13.1 Å². The maximum atomic E-state index is 13.2. The summed E-state index contributed by atoms with van der Waals surface area (Å²) in [6.45, 7) is 16.2. The molecule has 0 spiro atoms. The summed E-state index contributed by atoms with van der Waals surface area (Å²) in [6, 6.07) is 0. The molecule has 2 aliphatic heterocycles. The largest absolute Gasteiger partial charge is 0.444 e. The minimum absolute atomic E-state index is 0.0772. The third-order valence-electron chi connectivity index (χ3n) is 4.48. The molecule has 0 aromatic rings. The average molecular weight is 355 g/mol. The number of nitrogens with zero attached hydrogens (tertiary/aromatic N) is 2. The summed E-state index contributed by atoms with van der Waals surface area (Å²) in [4.78, 5) is 29.5. The van der Waals surface area contributed by atoms with Crippen molar-refractivity contribution < 1.29 is 19.1 Å². The Labute approximate surface area is 151 Å². The number of piperazine rings is 1. The number of rotatable bonds is 1. The molecule has 2 fully saturated rings. The molecule has 2 rings (SSSR count). The van der Waals surface area contributed by atoms with Crippen molar-refractivity contribution in [3.63, 3.8) is 0 Å². The molecule has 7 nitrogen and oxygen atoms in total. The van der Waals surface area contributed by atoms with Crippen molar-refractivity contribution in [1.82, 2.24) is 15.1 Å². The first kappa shape index (κ1) is 20.0. The minimum Gasteiger partial charge on any atom is -0.444 e. The Morgan fingerprint density at radius 1 is 1.12 bits per heavy atom. The second kappa shape index (κ2) is 6.76. The molecular weight excluding hydrogens is 322 g/mol. The molecule has 144 valence electrons. The fraction of sp³-hybridized carbons (Fsp3) is 0.889. The van der Waals surface area contributed by atoms with Crippen molar-refractivity contribution in [1.29, 1.82) is 0 Å². The molecule has 0 aromatic heterocycles. The molecule has 2 atom stereocenters. The van der Waals surface area contributed by atoms with Crippen LogP contribution in [0, 0.1) is 5.41 Å². The van der Waals surface area contributed by atoms with Gasteiger partial charge in [0.05, 0.1) is 6.61 Å². The smallest absolute Gasteiger partial charge is 0.413 e. The first-order chi connectivity index (χ1) is 11.4. The summed E-state index contributed by atoms with van der Waals surface area (Å²) >= 11 is 0. The number of carbonyl (C=O) groups excluding carboxylic acids is 2. The van der Waals surface area contributed by atoms with E-state index in [9.17, 15) is 9.59 Å². The molecule has 25 heavy (non-hydrogen) atoms. The van der Waals surface area contributed by atoms with Gasteiger partial charge in [0.2, 0.25) is 0 Å². The van der Waals surface area contributed by atoms with Crippen molar-refractivity contribution in [2.24, 2.45) is 5.41 Å². The van der Waals surface area contributed by atoms with Crippen molar-refractivity contribution in [2.45, 2.75) is 65.8 Å². The van der Waals surface area contributed by atoms with Crippen molar-refractivity contribution in [3.8, 4) is 0 Å². The number of nitrogens with one attached hydrogen (secondary N) is 1. The highest BCUT2D eigenvalue weighted by atomic mass is 16.6. The predicted molar refractivity (Wildman–Crippen MR) is 95.1 cm³/mol. The van der Waals surface area contributed by atoms with Gasteiger partial charge in [-0.05, 0) is 27.7 Å². The number of hydrogen-bond donors (Lipinski definition) is 1. The topological polar surface area (TPSA) is 71.1 Å². The van der Waals surface area contributed by atoms with Crippen LogP contribution in [0.5, 0.6) is 0 Å². The third-order valence-corrected chi connectivity index (χ3v) is 4.48. The zero-order valence-electron chi connectivity index (χ0n) is 16.6. The molecular formula is C18H33N3O4. The molecule has 0 saturated carbocycles. The van der Waals surface area contributed by atoms with Gasteiger partial charge in [-0.1, -0.05) is 20.8 Å². The monoisotopic (exact) mass is 355 g/mol. The molecule has 2 aliphatic rings. The Hall–Kier alpha value is -1.34. The van der Waals surface area contributed by atoms with Gasteiger partial charge in [0.15, 0.2) is 0 Å². The second-order valence-corrected chi connectivity index (χ2v) is 9.20. The van der Waals surface area contributed by atoms with Crippen molar-refractivity contribution in [3.05, 3.63) is 0 Å². The van der Waals surface area contributed by atoms with Crippen LogP contribution in [0.25, 0.3) is 0 Å². The highest BCUT2D eigenvalue weighted by Gasteiger charge is 2.57. The fourth-order valence-electron chi connectivity index (χ4n) is 3.26. The van der Waals surface area contributed by atoms with Crippen molar-refractivity contribution >= 4 is 12.0 Å². The average Bonchev–Trinajstić information content (AvgIpc) is 2.85. The Morgan fingerprint density at radius 2 is 1.68 bits per heavy atom. The first-order valence-electron chi connectivity index (χ1n) is 9.00. The normalized spacial score (nSPS) is 28.2. The van der Waals surface area contributed by atoms with Crippen LogP contribution in [0.1, 0.15) is 48.5 Å². The summed E-state index contributed by atoms with van der Waals surface area (Å²) in [7, 11) is 0. The molecule has 2 heterocycles. The molecule has 0 aliphatic carbocycles. The van der Waals surface area contributed by atoms with Crippen LogP contribution >= 0.6 is 0 Å². The molecule has 0 bridgehead atoms. The number of ether oxygens (including phenoxy) is 2. The SMILES string of the molecule is CC(C)(C)OC(=O)N1C(C(C)(C)C)OCC1(C)C(=O)N1CCNCC1. The lowest BCUT2D eigenvalue weighted by Crippen LogP contribution is -2.63. The van der Waals surface area contributed by atoms with Crippen LogP contribution in [0.4, 0.5) is 4.79 Å². The lowest BCUT2D eigenvalue weighted by Gasteiger charge is -2.42. The van der Waals surface area contributed by atoms with E-state index in [0.717, 1.165) is 13.1 Å². The summed E-state index contributed by atoms with van der Waals surface area (Å²) < 4.78 is 11.6. The molecule has 0 aromatic carbocycles. The number of hydrogen-bond acceptors (Lipinski definition) is 5. The molecule has 7 heteroatoms. The maximum Gasteiger partial charge on any atom is 0.413 e. The van der Waals surface area contributed by atoms with Gasteiger partial charge >= 0.3 is 6.09 Å². The highest BCUT2D eigenvalue weighted by Crippen LogP contribution is 2.39. The van der Waals surface area contributed by atoms with Crippen LogP contribution in [-0.2, 0) is 14.3 Å². The minimum atomic E-state index is -1.06. The van der Waals surface area contributed by atoms with Gasteiger partial charge in [0.25, 0.3) is 5.91 Å². The standard InChI is InChI=1S/C18H33N3O4/c1-16(2,3)14-21(15(23)25-17(4,5)6)18(7,12-24-14)13(22)20-10-8-19-9-11-20/h14,19H,8-12H2,1-7H3. The Morgan fingerprint density at radius 3 is 2.16 bits per heavy atom. The van der Waals surface area contributed by atoms with Gasteiger partial charge in [0.1, 0.15) is 17.4 Å². The lowest BCUT2D eigenvalue weighted by molar-refractivity contribution is -0.143. The predicted octanol–water partition coefficient (Wildman–Crippen LogP) is 1.82. The van der Waals surface area contributed by atoms with Gasteiger partial charge in [-0.25, -0.2) is 4.79 Å². The zero-order valence-corrected chi connectivity index (χ0v) is 16.6. The van der Waals surface area contributed by atoms with Gasteiger partial charge in [-0.2, -0.15) is 0 Å². The van der Waals surface area contributed by atoms with Crippen LogP contribution < -0.4 is 5.32 Å². The van der Waals surface area contributed by atoms with E-state index in [2.05, 4.69) is 5.32 Å². The van der Waals surface area contributed by atoms with E-state index in [1.54, 1.807) is 6.92 Å². The summed E-state index contributed by atoms with van der Waals surface area (Å²) in [6.07, 6.45) is -1.02. The van der Waals surface area contributed by atoms with E-state index in [1.165, 1.54) is 4.90 Å². The molecule has 2 amide bonds. The second-order valence-electron chi connectivity index (χ2n) is 9.20. The van der Waals surface area contributed by atoms with E-state index in [-0.39, 0.29) is 17.9 Å². The molecule has 1 N–H and O–H groups in total. The Kier molecular flexibility index (Phi) is 5.40. The fourth-order valence-corrected chi connectivity index (χ4v) is 3.26. The Bertz CT molecular complexity index is 517. The van der Waals surface area contributed by atoms with Crippen LogP contribution in [0.3, 0.4) is 0 Å². The van der Waals surface area contributed by atoms with E-state index < -0.39 is 23.5 Å². The maximum absolute atomic E-state index is 13.2. The van der Waals surface area contributed by atoms with Crippen LogP contribution in [0.2, 0.25) is 0 Å². The lowest BCUT2D eigenvalue weighted by atomic mass is 9.91. The van der Waals surface area contributed by atoms with Crippen LogP contribution in [0.15, 0.2) is 0 Å². The van der Waals surface area contributed by atoms with Crippen LogP contribution in [-0.4, -0.2) is 72.0 Å². The van der Waals surface area contributed by atoms with Gasteiger partial charge in [-0.15, -0.1) is 0 Å². The number of amides is 2. The van der Waals surface area contributed by atoms with E-state index in [1.807, 2.05) is 46.4 Å². The quantitative estimate of drug-likeness (QED) is 0.777. The highest BCUT2D eigenvalue weighted by molar-refractivity contribution is 5.90. The van der Waals surface area contributed by atoms with Gasteiger partial charge < -0.3 is 19.7 Å².